The number of hydrogen-bond donors (Lipinski definition) is 0. The third-order valence-corrected chi connectivity index (χ3v) is 15.8. The predicted octanol–water partition coefficient (Wildman–Crippen LogP) is 20.3. The molecule has 0 aliphatic rings. The van der Waals surface area contributed by atoms with Crippen molar-refractivity contribution in [2.24, 2.45) is 0 Å². The quantitative estimate of drug-likeness (QED) is 0.126. The van der Waals surface area contributed by atoms with Gasteiger partial charge < -0.3 is 9.80 Å². The molecular weight excluding hydrogens is 997 g/mol. The Bertz CT molecular complexity index is 4120. The zero-order valence-electron chi connectivity index (χ0n) is 46.6. The SMILES string of the molecule is CC(C)(C)c1ccc(N(c2cc(-c3ccc(C#N)cc3)cc(-c3ccc(C#N)cc3)c2)c2ccc3ccc4c(N(c5ccc(C(C)(C)C)cc5)c5cc(-c6ccc(C#N)cc6)cc(-c6ccc(C#N)cc6)c5)ccc5ccc2c3c54)cc1. The van der Waals surface area contributed by atoms with Gasteiger partial charge in [0.15, 0.2) is 0 Å². The molecule has 0 aliphatic carbocycles. The number of benzene rings is 12. The molecule has 0 fully saturated rings. The minimum absolute atomic E-state index is 0.0645. The number of nitrogens with zero attached hydrogens (tertiary/aromatic N) is 6. The van der Waals surface area contributed by atoms with Crippen LogP contribution in [-0.2, 0) is 10.8 Å². The van der Waals surface area contributed by atoms with E-state index in [-0.39, 0.29) is 10.8 Å². The van der Waals surface area contributed by atoms with Gasteiger partial charge in [-0.2, -0.15) is 21.0 Å². The van der Waals surface area contributed by atoms with E-state index in [0.717, 1.165) is 111 Å². The van der Waals surface area contributed by atoms with Crippen LogP contribution in [0.15, 0.2) is 231 Å². The Hall–Kier alpha value is -10.8. The monoisotopic (exact) mass is 1050 g/mol. The summed E-state index contributed by atoms with van der Waals surface area (Å²) < 4.78 is 0. The van der Waals surface area contributed by atoms with Gasteiger partial charge in [-0.1, -0.05) is 151 Å². The van der Waals surface area contributed by atoms with Crippen molar-refractivity contribution in [3.05, 3.63) is 264 Å². The highest BCUT2D eigenvalue weighted by atomic mass is 15.2. The molecule has 82 heavy (non-hydrogen) atoms. The highest BCUT2D eigenvalue weighted by Gasteiger charge is 2.25. The van der Waals surface area contributed by atoms with E-state index < -0.39 is 0 Å². The Morgan fingerprint density at radius 1 is 0.268 bits per heavy atom. The van der Waals surface area contributed by atoms with E-state index in [4.69, 9.17) is 0 Å². The lowest BCUT2D eigenvalue weighted by Crippen LogP contribution is -2.14. The van der Waals surface area contributed by atoms with Crippen molar-refractivity contribution in [3.8, 4) is 68.8 Å². The molecule has 0 N–H and O–H groups in total. The topological polar surface area (TPSA) is 102 Å². The number of rotatable bonds is 10. The molecule has 0 unspecified atom stereocenters. The minimum atomic E-state index is -0.0645. The summed E-state index contributed by atoms with van der Waals surface area (Å²) in [7, 11) is 0. The van der Waals surface area contributed by atoms with Crippen molar-refractivity contribution in [1.29, 1.82) is 21.0 Å². The summed E-state index contributed by atoms with van der Waals surface area (Å²) in [5.74, 6) is 0. The van der Waals surface area contributed by atoms with Gasteiger partial charge in [0.25, 0.3) is 0 Å². The summed E-state index contributed by atoms with van der Waals surface area (Å²) in [6, 6.07) is 89.4. The summed E-state index contributed by atoms with van der Waals surface area (Å²) >= 11 is 0. The zero-order valence-corrected chi connectivity index (χ0v) is 46.6. The summed E-state index contributed by atoms with van der Waals surface area (Å²) in [5, 5.41) is 45.8. The molecule has 0 saturated heterocycles. The lowest BCUT2D eigenvalue weighted by atomic mass is 9.87. The van der Waals surface area contributed by atoms with E-state index in [1.807, 2.05) is 97.1 Å². The van der Waals surface area contributed by atoms with Crippen molar-refractivity contribution in [2.45, 2.75) is 52.4 Å². The van der Waals surface area contributed by atoms with Gasteiger partial charge in [0.2, 0.25) is 0 Å². The van der Waals surface area contributed by atoms with Gasteiger partial charge in [-0.15, -0.1) is 0 Å². The van der Waals surface area contributed by atoms with E-state index in [1.54, 1.807) is 0 Å². The van der Waals surface area contributed by atoms with Crippen LogP contribution in [-0.4, -0.2) is 0 Å². The summed E-state index contributed by atoms with van der Waals surface area (Å²) in [6.07, 6.45) is 0. The first-order valence-electron chi connectivity index (χ1n) is 27.5. The molecule has 0 atom stereocenters. The van der Waals surface area contributed by atoms with Crippen LogP contribution in [0.1, 0.15) is 74.9 Å². The second-order valence-corrected chi connectivity index (χ2v) is 23.2. The summed E-state index contributed by atoms with van der Waals surface area (Å²) in [6.45, 7) is 13.4. The molecule has 0 heterocycles. The van der Waals surface area contributed by atoms with E-state index in [0.29, 0.717) is 22.3 Å². The Kier molecular flexibility index (Phi) is 13.2. The number of anilines is 6. The van der Waals surface area contributed by atoms with Crippen LogP contribution in [0.4, 0.5) is 34.1 Å². The van der Waals surface area contributed by atoms with Gasteiger partial charge in [0.05, 0.1) is 57.9 Å². The molecular formula is C76H56N6. The van der Waals surface area contributed by atoms with Crippen molar-refractivity contribution in [3.63, 3.8) is 0 Å². The minimum Gasteiger partial charge on any atom is -0.310 e. The maximum atomic E-state index is 9.77. The smallest absolute Gasteiger partial charge is 0.0991 e. The van der Waals surface area contributed by atoms with Crippen LogP contribution in [0.25, 0.3) is 76.8 Å². The largest absolute Gasteiger partial charge is 0.310 e. The van der Waals surface area contributed by atoms with E-state index in [1.165, 1.54) is 11.1 Å². The lowest BCUT2D eigenvalue weighted by molar-refractivity contribution is 0.590. The van der Waals surface area contributed by atoms with Crippen LogP contribution >= 0.6 is 0 Å². The Morgan fingerprint density at radius 2 is 0.537 bits per heavy atom. The molecule has 0 spiro atoms. The Labute approximate surface area is 479 Å². The van der Waals surface area contributed by atoms with E-state index >= 15 is 0 Å². The van der Waals surface area contributed by atoms with E-state index in [9.17, 15) is 21.0 Å². The molecule has 12 aromatic rings. The maximum absolute atomic E-state index is 9.77. The third-order valence-electron chi connectivity index (χ3n) is 15.8. The first-order valence-corrected chi connectivity index (χ1v) is 27.5. The Balaban J connectivity index is 1.11. The van der Waals surface area contributed by atoms with Gasteiger partial charge in [-0.25, -0.2) is 0 Å². The molecule has 0 amide bonds. The third kappa shape index (κ3) is 9.82. The lowest BCUT2D eigenvalue weighted by Gasteiger charge is -2.31. The molecule has 6 nitrogen and oxygen atoms in total. The molecule has 0 aliphatic heterocycles. The van der Waals surface area contributed by atoms with E-state index in [2.05, 4.69) is 209 Å². The van der Waals surface area contributed by atoms with Gasteiger partial charge >= 0.3 is 0 Å². The van der Waals surface area contributed by atoms with Crippen molar-refractivity contribution in [1.82, 2.24) is 0 Å². The van der Waals surface area contributed by atoms with Gasteiger partial charge in [0.1, 0.15) is 0 Å². The second kappa shape index (κ2) is 20.8. The maximum Gasteiger partial charge on any atom is 0.0991 e. The highest BCUT2D eigenvalue weighted by molar-refractivity contribution is 6.28. The number of nitriles is 4. The number of hydrogen-bond acceptors (Lipinski definition) is 6. The van der Waals surface area contributed by atoms with Gasteiger partial charge in [-0.3, -0.25) is 0 Å². The average Bonchev–Trinajstić information content (AvgIpc) is 1.44. The van der Waals surface area contributed by atoms with Crippen molar-refractivity contribution in [2.75, 3.05) is 9.80 Å². The standard InChI is InChI=1S/C76H56N6/c1-75(2,3)63-27-31-65(32-28-63)81(67-41-59(53-15-7-49(45-77)8-16-53)39-60(42-67)54-17-9-50(46-78)10-18-54)71-37-25-57-24-36-70-72(38-26-58-23-35-69(71)73(57)74(58)70)82(66-33-29-64(30-34-66)76(4,5)6)68-43-61(55-19-11-51(47-79)12-20-55)40-62(44-68)56-21-13-52(48-80)14-22-56/h7-44H,1-6H3. The molecule has 6 heteroatoms. The molecule has 0 radical (unpaired) electrons. The van der Waals surface area contributed by atoms with Crippen molar-refractivity contribution < 1.29 is 0 Å². The predicted molar refractivity (Wildman–Crippen MR) is 338 cm³/mol. The second-order valence-electron chi connectivity index (χ2n) is 23.2. The fourth-order valence-corrected chi connectivity index (χ4v) is 11.3. The molecule has 0 saturated carbocycles. The fraction of sp³-hybridized carbons (Fsp3) is 0.105. The molecule has 12 aromatic carbocycles. The molecule has 0 bridgehead atoms. The fourth-order valence-electron chi connectivity index (χ4n) is 11.3. The van der Waals surface area contributed by atoms with Crippen LogP contribution in [0.2, 0.25) is 0 Å². The molecule has 12 rings (SSSR count). The van der Waals surface area contributed by atoms with Crippen LogP contribution in [0.3, 0.4) is 0 Å². The molecule has 390 valence electrons. The molecule has 0 aromatic heterocycles. The van der Waals surface area contributed by atoms with Crippen LogP contribution in [0.5, 0.6) is 0 Å². The normalized spacial score (nSPS) is 11.5. The first kappa shape index (κ1) is 52.0. The highest BCUT2D eigenvalue weighted by Crippen LogP contribution is 2.50. The van der Waals surface area contributed by atoms with Crippen LogP contribution in [0, 0.1) is 45.3 Å². The summed E-state index contributed by atoms with van der Waals surface area (Å²) in [4.78, 5) is 4.75. The van der Waals surface area contributed by atoms with Crippen LogP contribution < -0.4 is 9.80 Å². The zero-order chi connectivity index (χ0) is 56.9. The summed E-state index contributed by atoms with van der Waals surface area (Å²) in [5.41, 5.74) is 18.5. The Morgan fingerprint density at radius 3 is 0.793 bits per heavy atom. The first-order chi connectivity index (χ1) is 39.7. The van der Waals surface area contributed by atoms with Crippen molar-refractivity contribution >= 4 is 66.4 Å². The average molecular weight is 1050 g/mol. The van der Waals surface area contributed by atoms with Gasteiger partial charge in [-0.05, 0) is 209 Å². The van der Waals surface area contributed by atoms with Gasteiger partial charge in [0, 0.05) is 33.5 Å².